The number of likely N-dealkylation sites (N-methyl/N-ethyl adjacent to an activating group) is 1. The van der Waals surface area contributed by atoms with Crippen LogP contribution in [0.4, 0.5) is 4.79 Å². The zero-order valence-electron chi connectivity index (χ0n) is 19.8. The van der Waals surface area contributed by atoms with Gasteiger partial charge in [0.15, 0.2) is 0 Å². The third kappa shape index (κ3) is 8.34. The molecule has 1 aromatic carbocycles. The molecule has 3 N–H and O–H groups in total. The van der Waals surface area contributed by atoms with Gasteiger partial charge in [-0.25, -0.2) is 4.79 Å². The van der Waals surface area contributed by atoms with Crippen molar-refractivity contribution in [3.8, 4) is 0 Å². The molecule has 0 radical (unpaired) electrons. The monoisotopic (exact) mass is 447 g/mol. The Balaban J connectivity index is 3.24. The Morgan fingerprint density at radius 2 is 1.94 bits per heavy atom. The molecule has 32 heavy (non-hydrogen) atoms. The Hall–Kier alpha value is -2.87. The van der Waals surface area contributed by atoms with E-state index in [0.717, 1.165) is 18.4 Å². The summed E-state index contributed by atoms with van der Waals surface area (Å²) in [6.45, 7) is 12.7. The van der Waals surface area contributed by atoms with E-state index in [1.807, 2.05) is 13.0 Å². The normalized spacial score (nSPS) is 12.9. The lowest BCUT2D eigenvalue weighted by Crippen LogP contribution is -2.54. The van der Waals surface area contributed by atoms with Crippen molar-refractivity contribution >= 4 is 24.0 Å². The van der Waals surface area contributed by atoms with E-state index < -0.39 is 36.3 Å². The average Bonchev–Trinajstić information content (AvgIpc) is 2.74. The van der Waals surface area contributed by atoms with E-state index in [-0.39, 0.29) is 12.5 Å². The number of rotatable bonds is 11. The molecule has 3 amide bonds. The molecule has 0 aromatic heterocycles. The first-order chi connectivity index (χ1) is 15.1. The largest absolute Gasteiger partial charge is 0.444 e. The van der Waals surface area contributed by atoms with Crippen molar-refractivity contribution in [1.82, 2.24) is 15.5 Å². The molecule has 8 heteroatoms. The first kappa shape index (κ1) is 27.2. The summed E-state index contributed by atoms with van der Waals surface area (Å²) in [5.41, 5.74) is 0.660. The second kappa shape index (κ2) is 12.9. The maximum Gasteiger partial charge on any atom is 0.408 e. The minimum absolute atomic E-state index is 0.190. The number of aliphatic hydroxyl groups is 1. The Labute approximate surface area is 191 Å². The van der Waals surface area contributed by atoms with Gasteiger partial charge in [0, 0.05) is 13.1 Å². The van der Waals surface area contributed by atoms with Crippen molar-refractivity contribution in [2.75, 3.05) is 19.7 Å². The van der Waals surface area contributed by atoms with Crippen molar-refractivity contribution in [2.45, 2.75) is 65.1 Å². The van der Waals surface area contributed by atoms with Crippen molar-refractivity contribution in [3.63, 3.8) is 0 Å². The van der Waals surface area contributed by atoms with E-state index in [2.05, 4.69) is 17.2 Å². The molecule has 0 aliphatic carbocycles. The van der Waals surface area contributed by atoms with Crippen LogP contribution in [-0.2, 0) is 14.3 Å². The molecule has 2 atom stereocenters. The summed E-state index contributed by atoms with van der Waals surface area (Å²) < 4.78 is 5.20. The van der Waals surface area contributed by atoms with Gasteiger partial charge in [-0.15, -0.1) is 0 Å². The molecule has 2 unspecified atom stereocenters. The van der Waals surface area contributed by atoms with Gasteiger partial charge in [0.05, 0.1) is 6.61 Å². The summed E-state index contributed by atoms with van der Waals surface area (Å²) in [6, 6.07) is 5.02. The lowest BCUT2D eigenvalue weighted by Gasteiger charge is -2.33. The van der Waals surface area contributed by atoms with Gasteiger partial charge < -0.3 is 25.4 Å². The van der Waals surface area contributed by atoms with Gasteiger partial charge in [0.25, 0.3) is 0 Å². The van der Waals surface area contributed by atoms with Gasteiger partial charge in [-0.1, -0.05) is 44.2 Å². The summed E-state index contributed by atoms with van der Waals surface area (Å²) in [5, 5.41) is 15.1. The molecule has 0 aliphatic rings. The molecule has 0 saturated heterocycles. The molecule has 0 fully saturated rings. The molecule has 0 spiro atoms. The van der Waals surface area contributed by atoms with Crippen LogP contribution in [0.3, 0.4) is 0 Å². The van der Waals surface area contributed by atoms with Crippen LogP contribution >= 0.6 is 0 Å². The molecule has 0 bridgehead atoms. The highest BCUT2D eigenvalue weighted by Crippen LogP contribution is 2.24. The van der Waals surface area contributed by atoms with Crippen LogP contribution in [0.1, 0.15) is 64.6 Å². The van der Waals surface area contributed by atoms with Crippen LogP contribution in [-0.4, -0.2) is 59.3 Å². The van der Waals surface area contributed by atoms with Crippen LogP contribution in [0.25, 0.3) is 6.08 Å². The van der Waals surface area contributed by atoms with Gasteiger partial charge in [-0.05, 0) is 51.3 Å². The predicted octanol–water partition coefficient (Wildman–Crippen LogP) is 3.02. The minimum atomic E-state index is -1.25. The SMILES string of the molecule is C=Cc1cccc(C(C(=O)NCCCC)N(CC)C(=O)C(CO)NC(=O)OC(C)(C)C)c1. The Morgan fingerprint density at radius 3 is 2.47 bits per heavy atom. The first-order valence-electron chi connectivity index (χ1n) is 11.0. The van der Waals surface area contributed by atoms with E-state index in [4.69, 9.17) is 4.74 Å². The van der Waals surface area contributed by atoms with Gasteiger partial charge in [0.1, 0.15) is 17.7 Å². The Bertz CT molecular complexity index is 788. The summed E-state index contributed by atoms with van der Waals surface area (Å²) in [7, 11) is 0. The van der Waals surface area contributed by atoms with Crippen molar-refractivity contribution in [3.05, 3.63) is 42.0 Å². The molecule has 8 nitrogen and oxygen atoms in total. The van der Waals surface area contributed by atoms with Crippen molar-refractivity contribution < 1.29 is 24.2 Å². The number of nitrogens with one attached hydrogen (secondary N) is 2. The molecule has 178 valence electrons. The second-order valence-electron chi connectivity index (χ2n) is 8.43. The number of nitrogens with zero attached hydrogens (tertiary/aromatic N) is 1. The van der Waals surface area contributed by atoms with Crippen LogP contribution in [0, 0.1) is 0 Å². The fourth-order valence-corrected chi connectivity index (χ4v) is 3.12. The maximum atomic E-state index is 13.3. The second-order valence-corrected chi connectivity index (χ2v) is 8.43. The highest BCUT2D eigenvalue weighted by Gasteiger charge is 2.35. The summed E-state index contributed by atoms with van der Waals surface area (Å²) in [5.74, 6) is -0.913. The van der Waals surface area contributed by atoms with Gasteiger partial charge in [0.2, 0.25) is 11.8 Å². The lowest BCUT2D eigenvalue weighted by molar-refractivity contribution is -0.143. The summed E-state index contributed by atoms with van der Waals surface area (Å²) in [4.78, 5) is 40.0. The number of amides is 3. The molecule has 0 heterocycles. The average molecular weight is 448 g/mol. The maximum absolute atomic E-state index is 13.3. The number of aliphatic hydroxyl groups excluding tert-OH is 1. The standard InChI is InChI=1S/C24H37N3O5/c1-7-10-14-25-21(29)20(18-13-11-12-17(8-2)15-18)27(9-3)22(30)19(16-28)26-23(31)32-24(4,5)6/h8,11-13,15,19-20,28H,2,7,9-10,14,16H2,1,3-6H3,(H,25,29)(H,26,31). The van der Waals surface area contributed by atoms with Gasteiger partial charge in [-0.3, -0.25) is 9.59 Å². The van der Waals surface area contributed by atoms with E-state index in [1.165, 1.54) is 4.90 Å². The smallest absolute Gasteiger partial charge is 0.408 e. The molecule has 1 rings (SSSR count). The van der Waals surface area contributed by atoms with E-state index in [1.54, 1.807) is 52.0 Å². The number of carbonyl (C=O) groups excluding carboxylic acids is 3. The highest BCUT2D eigenvalue weighted by atomic mass is 16.6. The fraction of sp³-hybridized carbons (Fsp3) is 0.542. The quantitative estimate of drug-likeness (QED) is 0.452. The van der Waals surface area contributed by atoms with E-state index in [0.29, 0.717) is 12.1 Å². The zero-order valence-corrected chi connectivity index (χ0v) is 19.8. The third-order valence-corrected chi connectivity index (χ3v) is 4.65. The topological polar surface area (TPSA) is 108 Å². The Kier molecular flexibility index (Phi) is 10.9. The van der Waals surface area contributed by atoms with Crippen molar-refractivity contribution in [1.29, 1.82) is 0 Å². The molecule has 1 aromatic rings. The van der Waals surface area contributed by atoms with Crippen LogP contribution < -0.4 is 10.6 Å². The lowest BCUT2D eigenvalue weighted by atomic mass is 10.0. The first-order valence-corrected chi connectivity index (χ1v) is 11.0. The summed E-state index contributed by atoms with van der Waals surface area (Å²) >= 11 is 0. The highest BCUT2D eigenvalue weighted by molar-refractivity contribution is 5.92. The predicted molar refractivity (Wildman–Crippen MR) is 125 cm³/mol. The number of carbonyl (C=O) groups is 3. The van der Waals surface area contributed by atoms with Crippen molar-refractivity contribution in [2.24, 2.45) is 0 Å². The van der Waals surface area contributed by atoms with Crippen LogP contribution in [0.15, 0.2) is 30.8 Å². The zero-order chi connectivity index (χ0) is 24.3. The van der Waals surface area contributed by atoms with Gasteiger partial charge >= 0.3 is 6.09 Å². The number of hydrogen-bond acceptors (Lipinski definition) is 5. The summed E-state index contributed by atoms with van der Waals surface area (Å²) in [6.07, 6.45) is 2.57. The number of benzene rings is 1. The minimum Gasteiger partial charge on any atom is -0.444 e. The van der Waals surface area contributed by atoms with Crippen LogP contribution in [0.5, 0.6) is 0 Å². The molecule has 0 saturated carbocycles. The number of unbranched alkanes of at least 4 members (excludes halogenated alkanes) is 1. The third-order valence-electron chi connectivity index (χ3n) is 4.65. The Morgan fingerprint density at radius 1 is 1.25 bits per heavy atom. The molecular formula is C24H37N3O5. The molecule has 0 aliphatic heterocycles. The number of hydrogen-bond donors (Lipinski definition) is 3. The fourth-order valence-electron chi connectivity index (χ4n) is 3.12. The van der Waals surface area contributed by atoms with Crippen LogP contribution in [0.2, 0.25) is 0 Å². The van der Waals surface area contributed by atoms with E-state index in [9.17, 15) is 19.5 Å². The number of alkyl carbamates (subject to hydrolysis) is 1. The van der Waals surface area contributed by atoms with E-state index >= 15 is 0 Å². The van der Waals surface area contributed by atoms with Gasteiger partial charge in [-0.2, -0.15) is 0 Å². The molecular weight excluding hydrogens is 410 g/mol. The number of ether oxygens (including phenoxy) is 1.